The van der Waals surface area contributed by atoms with Gasteiger partial charge in [0.15, 0.2) is 0 Å². The van der Waals surface area contributed by atoms with Gasteiger partial charge in [0.25, 0.3) is 0 Å². The van der Waals surface area contributed by atoms with E-state index in [1.54, 1.807) is 18.2 Å². The van der Waals surface area contributed by atoms with Crippen molar-refractivity contribution >= 4 is 22.7 Å². The predicted octanol–water partition coefficient (Wildman–Crippen LogP) is 3.46. The summed E-state index contributed by atoms with van der Waals surface area (Å²) in [6, 6.07) is 4.98. The highest BCUT2D eigenvalue weighted by atomic mass is 16.4. The molecule has 2 aromatic rings. The Bertz CT molecular complexity index is 678. The van der Waals surface area contributed by atoms with Gasteiger partial charge < -0.3 is 10.4 Å². The topological polar surface area (TPSA) is 75.1 Å². The van der Waals surface area contributed by atoms with E-state index in [4.69, 9.17) is 5.11 Å². The summed E-state index contributed by atoms with van der Waals surface area (Å²) in [5.41, 5.74) is 0.966. The number of benzene rings is 1. The van der Waals surface area contributed by atoms with Gasteiger partial charge in [-0.1, -0.05) is 19.3 Å². The average molecular weight is 285 g/mol. The smallest absolute Gasteiger partial charge is 0.335 e. The number of nitrogens with one attached hydrogen (secondary N) is 1. The first kappa shape index (κ1) is 13.8. The summed E-state index contributed by atoms with van der Waals surface area (Å²) in [6.45, 7) is 2.23. The number of aromatic carboxylic acids is 1. The first-order valence-electron chi connectivity index (χ1n) is 7.34. The van der Waals surface area contributed by atoms with E-state index in [0.717, 1.165) is 24.0 Å². The number of carboxylic acid groups (broad SMARTS) is 1. The molecule has 1 fully saturated rings. The number of anilines is 1. The molecule has 1 aromatic carbocycles. The number of fused-ring (bicyclic) bond motifs is 1. The summed E-state index contributed by atoms with van der Waals surface area (Å²) in [4.78, 5) is 19.6. The van der Waals surface area contributed by atoms with Crippen molar-refractivity contribution in [2.75, 3.05) is 5.32 Å². The van der Waals surface area contributed by atoms with Gasteiger partial charge in [-0.15, -0.1) is 0 Å². The maximum Gasteiger partial charge on any atom is 0.335 e. The maximum absolute atomic E-state index is 11.0. The molecule has 21 heavy (non-hydrogen) atoms. The van der Waals surface area contributed by atoms with Crippen LogP contribution < -0.4 is 5.32 Å². The van der Waals surface area contributed by atoms with Crippen molar-refractivity contribution in [2.45, 2.75) is 44.6 Å². The van der Waals surface area contributed by atoms with Gasteiger partial charge in [-0.25, -0.2) is 14.8 Å². The van der Waals surface area contributed by atoms with Crippen LogP contribution in [-0.4, -0.2) is 26.6 Å². The van der Waals surface area contributed by atoms with E-state index >= 15 is 0 Å². The van der Waals surface area contributed by atoms with Crippen molar-refractivity contribution in [3.05, 3.63) is 30.1 Å². The first-order chi connectivity index (χ1) is 10.1. The quantitative estimate of drug-likeness (QED) is 0.903. The molecular weight excluding hydrogens is 266 g/mol. The molecule has 3 rings (SSSR count). The molecule has 0 radical (unpaired) electrons. The van der Waals surface area contributed by atoms with Crippen LogP contribution in [0.4, 0.5) is 5.82 Å². The predicted molar refractivity (Wildman–Crippen MR) is 81.6 cm³/mol. The minimum absolute atomic E-state index is 0.0605. The Morgan fingerprint density at radius 2 is 2.00 bits per heavy atom. The molecule has 5 heteroatoms. The molecule has 0 spiro atoms. The summed E-state index contributed by atoms with van der Waals surface area (Å²) in [7, 11) is 0. The highest BCUT2D eigenvalue weighted by Crippen LogP contribution is 2.32. The summed E-state index contributed by atoms with van der Waals surface area (Å²) in [6.07, 6.45) is 7.51. The Morgan fingerprint density at radius 3 is 2.71 bits per heavy atom. The molecule has 0 aliphatic heterocycles. The molecular formula is C16H19N3O2. The lowest BCUT2D eigenvalue weighted by atomic mass is 9.83. The van der Waals surface area contributed by atoms with Crippen LogP contribution in [0.25, 0.3) is 10.9 Å². The Balaban J connectivity index is 1.97. The Labute approximate surface area is 123 Å². The summed E-state index contributed by atoms with van der Waals surface area (Å²) in [5.74, 6) is -0.148. The van der Waals surface area contributed by atoms with E-state index in [1.165, 1.54) is 25.6 Å². The van der Waals surface area contributed by atoms with Gasteiger partial charge in [-0.3, -0.25) is 0 Å². The molecule has 1 aromatic heterocycles. The van der Waals surface area contributed by atoms with Crippen LogP contribution in [-0.2, 0) is 0 Å². The van der Waals surface area contributed by atoms with Crippen molar-refractivity contribution < 1.29 is 9.90 Å². The number of hydrogen-bond donors (Lipinski definition) is 2. The van der Waals surface area contributed by atoms with Crippen molar-refractivity contribution in [3.8, 4) is 0 Å². The van der Waals surface area contributed by atoms with Crippen LogP contribution in [0, 0.1) is 0 Å². The van der Waals surface area contributed by atoms with Gasteiger partial charge in [0.2, 0.25) is 0 Å². The fraction of sp³-hybridized carbons (Fsp3) is 0.438. The first-order valence-corrected chi connectivity index (χ1v) is 7.34. The zero-order valence-corrected chi connectivity index (χ0v) is 12.1. The average Bonchev–Trinajstić information content (AvgIpc) is 2.47. The standard InChI is InChI=1S/C16H19N3O2/c1-16(7-3-2-4-8-16)19-14-12-6-5-11(15(20)21)9-13(12)17-10-18-14/h5-6,9-10H,2-4,7-8H2,1H3,(H,20,21)(H,17,18,19). The summed E-state index contributed by atoms with van der Waals surface area (Å²) >= 11 is 0. The van der Waals surface area contributed by atoms with E-state index in [2.05, 4.69) is 22.2 Å². The molecule has 0 bridgehead atoms. The third kappa shape index (κ3) is 2.82. The number of carboxylic acids is 1. The number of hydrogen-bond acceptors (Lipinski definition) is 4. The lowest BCUT2D eigenvalue weighted by Crippen LogP contribution is -2.37. The number of aromatic nitrogens is 2. The van der Waals surface area contributed by atoms with Gasteiger partial charge in [0.05, 0.1) is 11.1 Å². The maximum atomic E-state index is 11.0. The molecule has 1 aliphatic rings. The molecule has 0 atom stereocenters. The second kappa shape index (κ2) is 5.31. The number of rotatable bonds is 3. The summed E-state index contributed by atoms with van der Waals surface area (Å²) in [5, 5.41) is 13.5. The molecule has 2 N–H and O–H groups in total. The molecule has 1 saturated carbocycles. The van der Waals surface area contributed by atoms with E-state index < -0.39 is 5.97 Å². The SMILES string of the molecule is CC1(Nc2ncnc3cc(C(=O)O)ccc23)CCCCC1. The van der Waals surface area contributed by atoms with Gasteiger partial charge in [-0.05, 0) is 38.0 Å². The molecule has 5 nitrogen and oxygen atoms in total. The lowest BCUT2D eigenvalue weighted by molar-refractivity contribution is 0.0697. The number of carbonyl (C=O) groups is 1. The Hall–Kier alpha value is -2.17. The van der Waals surface area contributed by atoms with E-state index in [0.29, 0.717) is 5.52 Å². The van der Waals surface area contributed by atoms with Crippen LogP contribution in [0.3, 0.4) is 0 Å². The Morgan fingerprint density at radius 1 is 1.24 bits per heavy atom. The second-order valence-corrected chi connectivity index (χ2v) is 6.01. The monoisotopic (exact) mass is 285 g/mol. The highest BCUT2D eigenvalue weighted by molar-refractivity contribution is 5.96. The van der Waals surface area contributed by atoms with Crippen molar-refractivity contribution in [1.29, 1.82) is 0 Å². The minimum Gasteiger partial charge on any atom is -0.478 e. The fourth-order valence-corrected chi connectivity index (χ4v) is 3.03. The number of nitrogens with zero attached hydrogens (tertiary/aromatic N) is 2. The van der Waals surface area contributed by atoms with Gasteiger partial charge >= 0.3 is 5.97 Å². The van der Waals surface area contributed by atoms with Crippen LogP contribution in [0.15, 0.2) is 24.5 Å². The highest BCUT2D eigenvalue weighted by Gasteiger charge is 2.27. The van der Waals surface area contributed by atoms with Gasteiger partial charge in [0.1, 0.15) is 12.1 Å². The van der Waals surface area contributed by atoms with E-state index in [-0.39, 0.29) is 11.1 Å². The fourth-order valence-electron chi connectivity index (χ4n) is 3.03. The van der Waals surface area contributed by atoms with Gasteiger partial charge in [0, 0.05) is 10.9 Å². The molecule has 0 unspecified atom stereocenters. The zero-order valence-electron chi connectivity index (χ0n) is 12.1. The van der Waals surface area contributed by atoms with E-state index in [1.807, 2.05) is 0 Å². The normalized spacial score (nSPS) is 17.6. The second-order valence-electron chi connectivity index (χ2n) is 6.01. The van der Waals surface area contributed by atoms with Crippen LogP contribution in [0.5, 0.6) is 0 Å². The Kier molecular flexibility index (Phi) is 3.49. The minimum atomic E-state index is -0.940. The van der Waals surface area contributed by atoms with Crippen molar-refractivity contribution in [3.63, 3.8) is 0 Å². The lowest BCUT2D eigenvalue weighted by Gasteiger charge is -2.35. The van der Waals surface area contributed by atoms with Crippen LogP contribution in [0.2, 0.25) is 0 Å². The van der Waals surface area contributed by atoms with Crippen molar-refractivity contribution in [2.24, 2.45) is 0 Å². The third-order valence-electron chi connectivity index (χ3n) is 4.26. The zero-order chi connectivity index (χ0) is 14.9. The molecule has 1 aliphatic carbocycles. The molecule has 110 valence electrons. The van der Waals surface area contributed by atoms with Crippen LogP contribution in [0.1, 0.15) is 49.4 Å². The van der Waals surface area contributed by atoms with Gasteiger partial charge in [-0.2, -0.15) is 0 Å². The largest absolute Gasteiger partial charge is 0.478 e. The molecule has 0 amide bonds. The van der Waals surface area contributed by atoms with Crippen LogP contribution >= 0.6 is 0 Å². The third-order valence-corrected chi connectivity index (χ3v) is 4.26. The van der Waals surface area contributed by atoms with Crippen molar-refractivity contribution in [1.82, 2.24) is 9.97 Å². The molecule has 1 heterocycles. The molecule has 0 saturated heterocycles. The van der Waals surface area contributed by atoms with E-state index in [9.17, 15) is 4.79 Å². The summed E-state index contributed by atoms with van der Waals surface area (Å²) < 4.78 is 0.